The van der Waals surface area contributed by atoms with Gasteiger partial charge in [0.1, 0.15) is 0 Å². The largest absolute Gasteiger partial charge is 0.384 e. The van der Waals surface area contributed by atoms with Crippen molar-refractivity contribution in [1.82, 2.24) is 0 Å². The van der Waals surface area contributed by atoms with Crippen molar-refractivity contribution in [2.24, 2.45) is 0 Å². The Hall–Kier alpha value is -1.96. The van der Waals surface area contributed by atoms with E-state index in [0.29, 0.717) is 5.92 Å². The summed E-state index contributed by atoms with van der Waals surface area (Å²) in [6.07, 6.45) is 2.51. The molecule has 1 unspecified atom stereocenters. The molecule has 2 nitrogen and oxygen atoms in total. The molecule has 2 aromatic rings. The normalized spacial score (nSPS) is 19.9. The maximum absolute atomic E-state index is 3.55. The van der Waals surface area contributed by atoms with Crippen molar-refractivity contribution in [3.8, 4) is 0 Å². The van der Waals surface area contributed by atoms with Gasteiger partial charge in [-0.15, -0.1) is 0 Å². The van der Waals surface area contributed by atoms with Crippen molar-refractivity contribution in [2.45, 2.75) is 25.7 Å². The number of benzene rings is 2. The van der Waals surface area contributed by atoms with E-state index < -0.39 is 0 Å². The molecule has 0 saturated heterocycles. The Labute approximate surface area is 126 Å². The minimum absolute atomic E-state index is 0.605. The molecule has 0 aliphatic carbocycles. The first-order valence-corrected chi connectivity index (χ1v) is 7.98. The average molecular weight is 278 g/mol. The molecule has 2 aliphatic heterocycles. The zero-order valence-electron chi connectivity index (χ0n) is 12.6. The first kappa shape index (κ1) is 12.8. The number of anilines is 2. The second-order valence-electron chi connectivity index (χ2n) is 6.35. The number of aryl methyl sites for hydroxylation is 2. The molecule has 0 bridgehead atoms. The predicted molar refractivity (Wildman–Crippen MR) is 89.4 cm³/mol. The molecule has 0 fully saturated rings. The fraction of sp³-hybridized carbons (Fsp3) is 0.368. The first-order valence-electron chi connectivity index (χ1n) is 7.98. The smallest absolute Gasteiger partial charge is 0.0399 e. The summed E-state index contributed by atoms with van der Waals surface area (Å²) in [6.45, 7) is 5.57. The van der Waals surface area contributed by atoms with Crippen LogP contribution in [0.3, 0.4) is 0 Å². The monoisotopic (exact) mass is 278 g/mol. The number of nitrogens with one attached hydrogen (secondary N) is 1. The van der Waals surface area contributed by atoms with E-state index in [1.165, 1.54) is 47.5 Å². The van der Waals surface area contributed by atoms with Gasteiger partial charge in [-0.05, 0) is 43.0 Å². The van der Waals surface area contributed by atoms with Crippen molar-refractivity contribution >= 4 is 11.4 Å². The Bertz CT molecular complexity index is 662. The molecule has 0 radical (unpaired) electrons. The SMILES string of the molecule is Cc1ccc2c(c1)CCCN2CC1CNc2ccccc21. The Kier molecular flexibility index (Phi) is 3.10. The van der Waals surface area contributed by atoms with E-state index in [-0.39, 0.29) is 0 Å². The molecule has 2 aromatic carbocycles. The maximum Gasteiger partial charge on any atom is 0.0399 e. The van der Waals surface area contributed by atoms with Gasteiger partial charge in [0.15, 0.2) is 0 Å². The summed E-state index contributed by atoms with van der Waals surface area (Å²) in [5.74, 6) is 0.605. The molecule has 4 rings (SSSR count). The third-order valence-electron chi connectivity index (χ3n) is 4.83. The van der Waals surface area contributed by atoms with Crippen LogP contribution in [0.25, 0.3) is 0 Å². The number of fused-ring (bicyclic) bond motifs is 2. The summed E-state index contributed by atoms with van der Waals surface area (Å²) in [5.41, 5.74) is 7.17. The highest BCUT2D eigenvalue weighted by Gasteiger charge is 2.26. The molecule has 21 heavy (non-hydrogen) atoms. The lowest BCUT2D eigenvalue weighted by Gasteiger charge is -2.33. The van der Waals surface area contributed by atoms with Crippen molar-refractivity contribution in [3.63, 3.8) is 0 Å². The average Bonchev–Trinajstić information content (AvgIpc) is 2.91. The Balaban J connectivity index is 1.60. The molecule has 1 N–H and O–H groups in total. The van der Waals surface area contributed by atoms with Crippen LogP contribution in [0.5, 0.6) is 0 Å². The van der Waals surface area contributed by atoms with Gasteiger partial charge >= 0.3 is 0 Å². The van der Waals surface area contributed by atoms with Crippen LogP contribution >= 0.6 is 0 Å². The zero-order chi connectivity index (χ0) is 14.2. The molecule has 0 saturated carbocycles. The molecule has 2 heteroatoms. The van der Waals surface area contributed by atoms with Crippen molar-refractivity contribution in [1.29, 1.82) is 0 Å². The highest BCUT2D eigenvalue weighted by atomic mass is 15.1. The van der Waals surface area contributed by atoms with Crippen LogP contribution in [0.4, 0.5) is 11.4 Å². The third-order valence-corrected chi connectivity index (χ3v) is 4.83. The second-order valence-corrected chi connectivity index (χ2v) is 6.35. The number of para-hydroxylation sites is 1. The molecular formula is C19H22N2. The highest BCUT2D eigenvalue weighted by molar-refractivity contribution is 5.60. The van der Waals surface area contributed by atoms with E-state index in [1.54, 1.807) is 0 Å². The van der Waals surface area contributed by atoms with Crippen molar-refractivity contribution in [3.05, 3.63) is 59.2 Å². The van der Waals surface area contributed by atoms with Gasteiger partial charge in [-0.3, -0.25) is 0 Å². The lowest BCUT2D eigenvalue weighted by atomic mass is 9.96. The summed E-state index contributed by atoms with van der Waals surface area (Å²) in [6, 6.07) is 15.7. The van der Waals surface area contributed by atoms with E-state index in [0.717, 1.165) is 13.1 Å². The van der Waals surface area contributed by atoms with Gasteiger partial charge in [0.2, 0.25) is 0 Å². The Morgan fingerprint density at radius 2 is 2.10 bits per heavy atom. The molecule has 0 spiro atoms. The van der Waals surface area contributed by atoms with Gasteiger partial charge in [0, 0.05) is 36.9 Å². The van der Waals surface area contributed by atoms with E-state index in [9.17, 15) is 0 Å². The summed E-state index contributed by atoms with van der Waals surface area (Å²) in [7, 11) is 0. The van der Waals surface area contributed by atoms with Crippen LogP contribution in [0, 0.1) is 6.92 Å². The van der Waals surface area contributed by atoms with Gasteiger partial charge in [0.05, 0.1) is 0 Å². The molecule has 0 amide bonds. The van der Waals surface area contributed by atoms with Gasteiger partial charge in [0.25, 0.3) is 0 Å². The maximum atomic E-state index is 3.55. The molecule has 2 aliphatic rings. The summed E-state index contributed by atoms with van der Waals surface area (Å²) < 4.78 is 0. The van der Waals surface area contributed by atoms with Crippen LogP contribution in [0.15, 0.2) is 42.5 Å². The van der Waals surface area contributed by atoms with Gasteiger partial charge in [-0.1, -0.05) is 35.9 Å². The van der Waals surface area contributed by atoms with Crippen LogP contribution < -0.4 is 10.2 Å². The van der Waals surface area contributed by atoms with E-state index in [2.05, 4.69) is 59.6 Å². The molecule has 2 heterocycles. The van der Waals surface area contributed by atoms with Gasteiger partial charge in [-0.25, -0.2) is 0 Å². The van der Waals surface area contributed by atoms with Crippen LogP contribution in [0.1, 0.15) is 29.0 Å². The third kappa shape index (κ3) is 2.29. The summed E-state index contributed by atoms with van der Waals surface area (Å²) in [4.78, 5) is 2.59. The minimum atomic E-state index is 0.605. The molecular weight excluding hydrogens is 256 g/mol. The molecule has 1 atom stereocenters. The van der Waals surface area contributed by atoms with E-state index in [1.807, 2.05) is 0 Å². The highest BCUT2D eigenvalue weighted by Crippen LogP contribution is 2.35. The predicted octanol–water partition coefficient (Wildman–Crippen LogP) is 3.96. The van der Waals surface area contributed by atoms with Crippen LogP contribution in [0.2, 0.25) is 0 Å². The first-order chi connectivity index (χ1) is 10.3. The van der Waals surface area contributed by atoms with Crippen LogP contribution in [-0.2, 0) is 6.42 Å². The fourth-order valence-electron chi connectivity index (χ4n) is 3.78. The summed E-state index contributed by atoms with van der Waals surface area (Å²) >= 11 is 0. The topological polar surface area (TPSA) is 15.3 Å². The number of rotatable bonds is 2. The van der Waals surface area contributed by atoms with Gasteiger partial charge in [-0.2, -0.15) is 0 Å². The lowest BCUT2D eigenvalue weighted by Crippen LogP contribution is -2.33. The minimum Gasteiger partial charge on any atom is -0.384 e. The molecule has 108 valence electrons. The number of nitrogens with zero attached hydrogens (tertiary/aromatic N) is 1. The Morgan fingerprint density at radius 3 is 3.05 bits per heavy atom. The van der Waals surface area contributed by atoms with Crippen LogP contribution in [-0.4, -0.2) is 19.6 Å². The molecule has 0 aromatic heterocycles. The number of hydrogen-bond acceptors (Lipinski definition) is 2. The quantitative estimate of drug-likeness (QED) is 0.894. The number of hydrogen-bond donors (Lipinski definition) is 1. The standard InChI is InChI=1S/C19H22N2/c1-14-8-9-19-15(11-14)5-4-10-21(19)13-16-12-20-18-7-3-2-6-17(16)18/h2-3,6-9,11,16,20H,4-5,10,12-13H2,1H3. The fourth-order valence-corrected chi connectivity index (χ4v) is 3.78. The van der Waals surface area contributed by atoms with Gasteiger partial charge < -0.3 is 10.2 Å². The van der Waals surface area contributed by atoms with E-state index >= 15 is 0 Å². The second kappa shape index (κ2) is 5.10. The lowest BCUT2D eigenvalue weighted by molar-refractivity contribution is 0.637. The van der Waals surface area contributed by atoms with E-state index in [4.69, 9.17) is 0 Å². The Morgan fingerprint density at radius 1 is 1.19 bits per heavy atom. The van der Waals surface area contributed by atoms with Crippen molar-refractivity contribution < 1.29 is 0 Å². The van der Waals surface area contributed by atoms with Crippen molar-refractivity contribution in [2.75, 3.05) is 29.9 Å². The zero-order valence-corrected chi connectivity index (χ0v) is 12.6. The summed E-state index contributed by atoms with van der Waals surface area (Å²) in [5, 5.41) is 3.55.